The van der Waals surface area contributed by atoms with E-state index in [0.717, 1.165) is 0 Å². The number of benzene rings is 4. The monoisotopic (exact) mass is 440 g/mol. The highest BCUT2D eigenvalue weighted by molar-refractivity contribution is 6.11. The molecule has 2 aliphatic rings. The third-order valence-electron chi connectivity index (χ3n) is 7.94. The Hall–Kier alpha value is -3.38. The summed E-state index contributed by atoms with van der Waals surface area (Å²) in [5, 5.41) is 0. The van der Waals surface area contributed by atoms with Crippen LogP contribution in [0.2, 0.25) is 0 Å². The van der Waals surface area contributed by atoms with Gasteiger partial charge in [-0.3, -0.25) is 0 Å². The van der Waals surface area contributed by atoms with Gasteiger partial charge in [0.15, 0.2) is 0 Å². The minimum Gasteiger partial charge on any atom is -0.0590 e. The Morgan fingerprint density at radius 3 is 1.00 bits per heavy atom. The van der Waals surface area contributed by atoms with Crippen molar-refractivity contribution in [3.05, 3.63) is 142 Å². The standard InChI is InChI=1S/C34H32/c1-21-5-13-25(14-6-21)29-30(26-15-7-22(2)8-16-26)33(29)34-31(27-17-9-23(3)10-18-27)32(34)28-19-11-24(4)12-20-28/h5-20,29-30,33-34H,1-4H3. The summed E-state index contributed by atoms with van der Waals surface area (Å²) in [6, 6.07) is 36.9. The van der Waals surface area contributed by atoms with Crippen molar-refractivity contribution in [3.63, 3.8) is 0 Å². The highest BCUT2D eigenvalue weighted by Gasteiger charge is 2.61. The van der Waals surface area contributed by atoms with Gasteiger partial charge in [0.25, 0.3) is 0 Å². The SMILES string of the molecule is Cc1ccc(C2=C(c3ccc(C)cc3)C2C2C(c3ccc(C)cc3)C2c2ccc(C)cc2)cc1. The van der Waals surface area contributed by atoms with E-state index in [1.807, 2.05) is 0 Å². The molecule has 2 unspecified atom stereocenters. The van der Waals surface area contributed by atoms with Gasteiger partial charge in [-0.05, 0) is 78.8 Å². The Bertz CT molecular complexity index is 1240. The molecule has 0 aliphatic heterocycles. The molecule has 0 radical (unpaired) electrons. The lowest BCUT2D eigenvalue weighted by Crippen LogP contribution is -1.93. The second-order valence-corrected chi connectivity index (χ2v) is 10.5. The van der Waals surface area contributed by atoms with Crippen molar-refractivity contribution >= 4 is 11.1 Å². The first-order valence-corrected chi connectivity index (χ1v) is 12.5. The maximum Gasteiger partial charge on any atom is 0.0148 e. The zero-order valence-electron chi connectivity index (χ0n) is 20.5. The average molecular weight is 441 g/mol. The van der Waals surface area contributed by atoms with Crippen molar-refractivity contribution in [1.82, 2.24) is 0 Å². The highest BCUT2D eigenvalue weighted by atomic mass is 14.6. The van der Waals surface area contributed by atoms with Gasteiger partial charge in [-0.2, -0.15) is 0 Å². The third kappa shape index (κ3) is 3.72. The Morgan fingerprint density at radius 2 is 0.676 bits per heavy atom. The second-order valence-electron chi connectivity index (χ2n) is 10.5. The van der Waals surface area contributed by atoms with E-state index < -0.39 is 0 Å². The summed E-state index contributed by atoms with van der Waals surface area (Å²) in [5.41, 5.74) is 14.2. The van der Waals surface area contributed by atoms with Gasteiger partial charge < -0.3 is 0 Å². The van der Waals surface area contributed by atoms with E-state index in [2.05, 4.69) is 125 Å². The maximum absolute atomic E-state index is 2.36. The summed E-state index contributed by atoms with van der Waals surface area (Å²) in [5.74, 6) is 2.26. The van der Waals surface area contributed by atoms with E-state index in [9.17, 15) is 0 Å². The Morgan fingerprint density at radius 1 is 0.382 bits per heavy atom. The quantitative estimate of drug-likeness (QED) is 0.291. The van der Waals surface area contributed by atoms with Crippen LogP contribution in [0.1, 0.15) is 56.3 Å². The van der Waals surface area contributed by atoms with Gasteiger partial charge in [-0.1, -0.05) is 119 Å². The molecule has 0 spiro atoms. The highest BCUT2D eigenvalue weighted by Crippen LogP contribution is 2.73. The maximum atomic E-state index is 2.36. The van der Waals surface area contributed by atoms with E-state index in [4.69, 9.17) is 0 Å². The van der Waals surface area contributed by atoms with E-state index in [1.165, 1.54) is 44.5 Å². The number of allylic oxidation sites excluding steroid dienone is 2. The summed E-state index contributed by atoms with van der Waals surface area (Å²) < 4.78 is 0. The molecule has 0 N–H and O–H groups in total. The van der Waals surface area contributed by atoms with Crippen LogP contribution in [-0.2, 0) is 0 Å². The zero-order valence-corrected chi connectivity index (χ0v) is 20.5. The molecule has 0 amide bonds. The van der Waals surface area contributed by atoms with Crippen LogP contribution in [0.3, 0.4) is 0 Å². The minimum atomic E-state index is 0.517. The summed E-state index contributed by atoms with van der Waals surface area (Å²) in [6.45, 7) is 8.70. The zero-order chi connectivity index (χ0) is 23.4. The molecule has 34 heavy (non-hydrogen) atoms. The summed E-state index contributed by atoms with van der Waals surface area (Å²) in [6.07, 6.45) is 0. The molecule has 4 aromatic carbocycles. The Kier molecular flexibility index (Phi) is 5.06. The van der Waals surface area contributed by atoms with Crippen LogP contribution >= 0.6 is 0 Å². The van der Waals surface area contributed by atoms with Gasteiger partial charge in [0.2, 0.25) is 0 Å². The van der Waals surface area contributed by atoms with Crippen LogP contribution in [0.4, 0.5) is 0 Å². The molecule has 0 heteroatoms. The molecular weight excluding hydrogens is 408 g/mol. The molecule has 1 saturated carbocycles. The second kappa shape index (κ2) is 8.13. The first-order chi connectivity index (χ1) is 16.5. The molecule has 0 heterocycles. The van der Waals surface area contributed by atoms with Gasteiger partial charge in [-0.15, -0.1) is 0 Å². The van der Waals surface area contributed by atoms with Crippen molar-refractivity contribution in [2.24, 2.45) is 11.8 Å². The number of hydrogen-bond acceptors (Lipinski definition) is 0. The molecule has 0 nitrogen and oxygen atoms in total. The number of rotatable bonds is 5. The lowest BCUT2D eigenvalue weighted by atomic mass is 9.99. The predicted molar refractivity (Wildman–Crippen MR) is 144 cm³/mol. The van der Waals surface area contributed by atoms with Crippen molar-refractivity contribution in [1.29, 1.82) is 0 Å². The predicted octanol–water partition coefficient (Wildman–Crippen LogP) is 8.66. The van der Waals surface area contributed by atoms with Crippen molar-refractivity contribution in [2.45, 2.75) is 39.5 Å². The molecule has 0 aromatic heterocycles. The fourth-order valence-corrected chi connectivity index (χ4v) is 5.95. The number of aryl methyl sites for hydroxylation is 4. The van der Waals surface area contributed by atoms with Gasteiger partial charge >= 0.3 is 0 Å². The molecule has 168 valence electrons. The summed E-state index contributed by atoms with van der Waals surface area (Å²) in [4.78, 5) is 0. The average Bonchev–Trinajstić information content (AvgIpc) is 3.74. The van der Waals surface area contributed by atoms with Crippen LogP contribution in [-0.4, -0.2) is 0 Å². The molecule has 0 saturated heterocycles. The molecular formula is C34H32. The van der Waals surface area contributed by atoms with Gasteiger partial charge in [0.1, 0.15) is 0 Å². The normalized spacial score (nSPS) is 21.6. The third-order valence-corrected chi connectivity index (χ3v) is 7.94. The fourth-order valence-electron chi connectivity index (χ4n) is 5.95. The molecule has 2 aliphatic carbocycles. The van der Waals surface area contributed by atoms with E-state index >= 15 is 0 Å². The Balaban J connectivity index is 1.42. The van der Waals surface area contributed by atoms with Crippen LogP contribution in [0.25, 0.3) is 11.1 Å². The van der Waals surface area contributed by atoms with Crippen LogP contribution < -0.4 is 0 Å². The van der Waals surface area contributed by atoms with Gasteiger partial charge in [-0.25, -0.2) is 0 Å². The molecule has 1 fully saturated rings. The van der Waals surface area contributed by atoms with Crippen molar-refractivity contribution < 1.29 is 0 Å². The van der Waals surface area contributed by atoms with E-state index in [1.54, 1.807) is 11.1 Å². The largest absolute Gasteiger partial charge is 0.0590 e. The van der Waals surface area contributed by atoms with Crippen LogP contribution in [0, 0.1) is 39.5 Å². The fraction of sp³-hybridized carbons (Fsp3) is 0.235. The number of hydrogen-bond donors (Lipinski definition) is 0. The molecule has 6 rings (SSSR count). The first-order valence-electron chi connectivity index (χ1n) is 12.5. The topological polar surface area (TPSA) is 0 Å². The van der Waals surface area contributed by atoms with E-state index in [-0.39, 0.29) is 0 Å². The van der Waals surface area contributed by atoms with Crippen LogP contribution in [0.5, 0.6) is 0 Å². The van der Waals surface area contributed by atoms with Crippen molar-refractivity contribution in [2.75, 3.05) is 0 Å². The lowest BCUT2D eigenvalue weighted by Gasteiger charge is -2.04. The summed E-state index contributed by atoms with van der Waals surface area (Å²) in [7, 11) is 0. The molecule has 0 bridgehead atoms. The van der Waals surface area contributed by atoms with Crippen molar-refractivity contribution in [3.8, 4) is 0 Å². The molecule has 2 atom stereocenters. The smallest absolute Gasteiger partial charge is 0.0148 e. The molecule has 4 aromatic rings. The van der Waals surface area contributed by atoms with Gasteiger partial charge in [0, 0.05) is 5.92 Å². The van der Waals surface area contributed by atoms with E-state index in [0.29, 0.717) is 23.7 Å². The lowest BCUT2D eigenvalue weighted by molar-refractivity contribution is 0.740. The minimum absolute atomic E-state index is 0.517. The summed E-state index contributed by atoms with van der Waals surface area (Å²) >= 11 is 0. The first kappa shape index (κ1) is 21.2. The van der Waals surface area contributed by atoms with Gasteiger partial charge in [0.05, 0.1) is 0 Å². The van der Waals surface area contributed by atoms with Crippen LogP contribution in [0.15, 0.2) is 97.1 Å². The Labute approximate surface area is 204 Å².